The van der Waals surface area contributed by atoms with Crippen molar-refractivity contribution in [3.63, 3.8) is 0 Å². The molecule has 0 bridgehead atoms. The molecule has 132 valence electrons. The van der Waals surface area contributed by atoms with Crippen molar-refractivity contribution in [2.75, 3.05) is 25.0 Å². The van der Waals surface area contributed by atoms with Crippen LogP contribution in [0.25, 0.3) is 6.08 Å². The highest BCUT2D eigenvalue weighted by Gasteiger charge is 2.22. The lowest BCUT2D eigenvalue weighted by Crippen LogP contribution is -2.28. The molecule has 1 fully saturated rings. The second-order valence-electron chi connectivity index (χ2n) is 5.90. The van der Waals surface area contributed by atoms with E-state index in [-0.39, 0.29) is 0 Å². The van der Waals surface area contributed by atoms with Gasteiger partial charge in [0.05, 0.1) is 18.1 Å². The molecule has 1 atom stereocenters. The Hall–Kier alpha value is -2.29. The van der Waals surface area contributed by atoms with Crippen LogP contribution in [0.4, 0.5) is 5.82 Å². The van der Waals surface area contributed by atoms with Crippen molar-refractivity contribution >= 4 is 29.1 Å². The average Bonchev–Trinajstić information content (AvgIpc) is 3.31. The van der Waals surface area contributed by atoms with E-state index in [1.54, 1.807) is 12.4 Å². The van der Waals surface area contributed by atoms with E-state index in [4.69, 9.17) is 5.21 Å². The number of carbonyl (C=O) groups excluding carboxylic acids is 1. The number of rotatable bonds is 7. The Morgan fingerprint density at radius 2 is 2.36 bits per heavy atom. The van der Waals surface area contributed by atoms with Crippen LogP contribution in [0.2, 0.25) is 0 Å². The molecule has 0 unspecified atom stereocenters. The average molecular weight is 359 g/mol. The van der Waals surface area contributed by atoms with Gasteiger partial charge in [0.2, 0.25) is 0 Å². The third-order valence-corrected chi connectivity index (χ3v) is 5.00. The van der Waals surface area contributed by atoms with E-state index < -0.39 is 5.91 Å². The first-order valence-electron chi connectivity index (χ1n) is 8.18. The van der Waals surface area contributed by atoms with Crippen molar-refractivity contribution in [2.45, 2.75) is 18.9 Å². The summed E-state index contributed by atoms with van der Waals surface area (Å²) in [6.07, 6.45) is 8.12. The summed E-state index contributed by atoms with van der Waals surface area (Å²) >= 11 is 1.81. The van der Waals surface area contributed by atoms with Gasteiger partial charge in [0, 0.05) is 36.6 Å². The minimum Gasteiger partial charge on any atom is -0.365 e. The number of carbonyl (C=O) groups is 1. The van der Waals surface area contributed by atoms with Gasteiger partial charge in [-0.1, -0.05) is 6.07 Å². The number of anilines is 1. The van der Waals surface area contributed by atoms with Gasteiger partial charge in [-0.05, 0) is 30.4 Å². The largest absolute Gasteiger partial charge is 0.365 e. The molecule has 0 aromatic carbocycles. The number of nitrogens with one attached hydrogen (secondary N) is 2. The summed E-state index contributed by atoms with van der Waals surface area (Å²) in [6, 6.07) is 4.66. The number of hydrogen-bond donors (Lipinski definition) is 3. The van der Waals surface area contributed by atoms with Crippen LogP contribution in [0.1, 0.15) is 17.0 Å². The SMILES string of the molecule is O=C(/C=C/c1cnc(N[C@@H]2CCN(CCc3cccs3)C2)cn1)NO. The smallest absolute Gasteiger partial charge is 0.267 e. The number of hydroxylamine groups is 1. The Balaban J connectivity index is 1.45. The highest BCUT2D eigenvalue weighted by Crippen LogP contribution is 2.16. The van der Waals surface area contributed by atoms with Gasteiger partial charge in [0.15, 0.2) is 0 Å². The minimum absolute atomic E-state index is 0.374. The zero-order chi connectivity index (χ0) is 17.5. The van der Waals surface area contributed by atoms with E-state index in [0.717, 1.165) is 38.3 Å². The Morgan fingerprint density at radius 1 is 1.44 bits per heavy atom. The van der Waals surface area contributed by atoms with Crippen LogP contribution >= 0.6 is 11.3 Å². The van der Waals surface area contributed by atoms with Gasteiger partial charge in [-0.3, -0.25) is 15.0 Å². The maximum Gasteiger partial charge on any atom is 0.267 e. The van der Waals surface area contributed by atoms with Crippen LogP contribution in [0.5, 0.6) is 0 Å². The minimum atomic E-state index is -0.599. The van der Waals surface area contributed by atoms with Gasteiger partial charge >= 0.3 is 0 Å². The van der Waals surface area contributed by atoms with Crippen LogP contribution in [-0.4, -0.2) is 51.7 Å². The summed E-state index contributed by atoms with van der Waals surface area (Å²) in [7, 11) is 0. The lowest BCUT2D eigenvalue weighted by atomic mass is 10.2. The molecule has 1 aliphatic heterocycles. The highest BCUT2D eigenvalue weighted by molar-refractivity contribution is 7.09. The summed E-state index contributed by atoms with van der Waals surface area (Å²) in [5, 5.41) is 14.0. The number of thiophene rings is 1. The highest BCUT2D eigenvalue weighted by atomic mass is 32.1. The molecule has 0 spiro atoms. The monoisotopic (exact) mass is 359 g/mol. The Labute approximate surface area is 150 Å². The van der Waals surface area contributed by atoms with Gasteiger partial charge in [-0.25, -0.2) is 10.5 Å². The fourth-order valence-electron chi connectivity index (χ4n) is 2.78. The van der Waals surface area contributed by atoms with Crippen molar-refractivity contribution in [3.05, 3.63) is 46.6 Å². The molecule has 1 aliphatic rings. The van der Waals surface area contributed by atoms with Crippen molar-refractivity contribution in [1.29, 1.82) is 0 Å². The molecule has 7 nitrogen and oxygen atoms in total. The molecule has 3 N–H and O–H groups in total. The van der Waals surface area contributed by atoms with Gasteiger partial charge in [-0.15, -0.1) is 11.3 Å². The number of amides is 1. The predicted molar refractivity (Wildman–Crippen MR) is 97.5 cm³/mol. The predicted octanol–water partition coefficient (Wildman–Crippen LogP) is 1.79. The zero-order valence-corrected chi connectivity index (χ0v) is 14.6. The van der Waals surface area contributed by atoms with Crippen LogP contribution in [0.15, 0.2) is 36.0 Å². The molecule has 0 radical (unpaired) electrons. The molecular weight excluding hydrogens is 338 g/mol. The molecule has 2 aromatic rings. The normalized spacial score (nSPS) is 17.9. The number of nitrogens with zero attached hydrogens (tertiary/aromatic N) is 3. The molecule has 3 rings (SSSR count). The molecular formula is C17H21N5O2S. The van der Waals surface area contributed by atoms with Crippen LogP contribution in [0, 0.1) is 0 Å². The lowest BCUT2D eigenvalue weighted by molar-refractivity contribution is -0.124. The summed E-state index contributed by atoms with van der Waals surface area (Å²) in [5.41, 5.74) is 2.08. The standard InChI is InChI=1S/C17H21N5O2S/c23-17(21-24)4-3-13-10-19-16(11-18-13)20-14-5-7-22(12-14)8-6-15-2-1-9-25-15/h1-4,9-11,14,24H,5-8,12H2,(H,19,20)(H,21,23)/b4-3+/t14-/m1/s1. The van der Waals surface area contributed by atoms with E-state index in [9.17, 15) is 4.79 Å². The van der Waals surface area contributed by atoms with Gasteiger partial charge in [0.25, 0.3) is 5.91 Å². The lowest BCUT2D eigenvalue weighted by Gasteiger charge is -2.16. The Kier molecular flexibility index (Phi) is 6.10. The molecule has 2 aromatic heterocycles. The van der Waals surface area contributed by atoms with Crippen molar-refractivity contribution in [1.82, 2.24) is 20.3 Å². The molecule has 0 saturated carbocycles. The zero-order valence-electron chi connectivity index (χ0n) is 13.8. The van der Waals surface area contributed by atoms with Gasteiger partial charge in [0.1, 0.15) is 5.82 Å². The second-order valence-corrected chi connectivity index (χ2v) is 6.93. The van der Waals surface area contributed by atoms with Crippen LogP contribution in [0.3, 0.4) is 0 Å². The first-order chi connectivity index (χ1) is 12.2. The summed E-state index contributed by atoms with van der Waals surface area (Å²) in [6.45, 7) is 3.18. The summed E-state index contributed by atoms with van der Waals surface area (Å²) in [4.78, 5) is 23.4. The molecule has 1 saturated heterocycles. The number of hydrogen-bond acceptors (Lipinski definition) is 7. The molecule has 0 aliphatic carbocycles. The fourth-order valence-corrected chi connectivity index (χ4v) is 3.48. The third kappa shape index (κ3) is 5.35. The second kappa shape index (κ2) is 8.70. The van der Waals surface area contributed by atoms with Crippen molar-refractivity contribution < 1.29 is 10.0 Å². The van der Waals surface area contributed by atoms with Gasteiger partial charge in [-0.2, -0.15) is 0 Å². The van der Waals surface area contributed by atoms with E-state index in [2.05, 4.69) is 37.7 Å². The Bertz CT molecular complexity index is 702. The molecule has 8 heteroatoms. The summed E-state index contributed by atoms with van der Waals surface area (Å²) < 4.78 is 0. The fraction of sp³-hybridized carbons (Fsp3) is 0.353. The van der Waals surface area contributed by atoms with E-state index >= 15 is 0 Å². The van der Waals surface area contributed by atoms with Crippen molar-refractivity contribution in [3.8, 4) is 0 Å². The third-order valence-electron chi connectivity index (χ3n) is 4.07. The van der Waals surface area contributed by atoms with E-state index in [1.165, 1.54) is 22.5 Å². The van der Waals surface area contributed by atoms with E-state index in [0.29, 0.717) is 11.7 Å². The molecule has 3 heterocycles. The quantitative estimate of drug-likeness (QED) is 0.397. The van der Waals surface area contributed by atoms with Crippen LogP contribution < -0.4 is 10.8 Å². The topological polar surface area (TPSA) is 90.4 Å². The number of aromatic nitrogens is 2. The number of likely N-dealkylation sites (tertiary alicyclic amines) is 1. The Morgan fingerprint density at radius 3 is 3.08 bits per heavy atom. The van der Waals surface area contributed by atoms with Gasteiger partial charge < -0.3 is 10.2 Å². The summed E-state index contributed by atoms with van der Waals surface area (Å²) in [5.74, 6) is 0.131. The van der Waals surface area contributed by atoms with Crippen LogP contribution in [-0.2, 0) is 11.2 Å². The maximum absolute atomic E-state index is 10.9. The first kappa shape index (κ1) is 17.5. The maximum atomic E-state index is 10.9. The van der Waals surface area contributed by atoms with Crippen molar-refractivity contribution in [2.24, 2.45) is 0 Å². The molecule has 1 amide bonds. The molecule has 25 heavy (non-hydrogen) atoms. The first-order valence-corrected chi connectivity index (χ1v) is 9.06. The van der Waals surface area contributed by atoms with E-state index in [1.807, 2.05) is 11.3 Å².